The van der Waals surface area contributed by atoms with E-state index in [1.54, 1.807) is 0 Å². The van der Waals surface area contributed by atoms with Gasteiger partial charge in [0.25, 0.3) is 0 Å². The molecule has 0 bridgehead atoms. The fourth-order valence-corrected chi connectivity index (χ4v) is 3.28. The van der Waals surface area contributed by atoms with Gasteiger partial charge in [-0.05, 0) is 42.4 Å². The standard InChI is InChI=1S/C19H23NO/c1-14-7-5-6-10-18(14)16-11-17(12-16)20-19(13-21)15-8-3-2-4-9-15/h2-10,16-17,19-21H,11-13H2,1H3. The lowest BCUT2D eigenvalue weighted by atomic mass is 9.74. The van der Waals surface area contributed by atoms with Gasteiger partial charge in [-0.15, -0.1) is 0 Å². The minimum atomic E-state index is 0.0500. The molecule has 1 saturated carbocycles. The van der Waals surface area contributed by atoms with Crippen molar-refractivity contribution in [2.75, 3.05) is 6.61 Å². The number of aryl methyl sites for hydroxylation is 1. The maximum absolute atomic E-state index is 9.61. The summed E-state index contributed by atoms with van der Waals surface area (Å²) in [6.07, 6.45) is 2.32. The molecule has 2 nitrogen and oxygen atoms in total. The van der Waals surface area contributed by atoms with Crippen molar-refractivity contribution < 1.29 is 5.11 Å². The normalized spacial score (nSPS) is 22.6. The first kappa shape index (κ1) is 14.3. The van der Waals surface area contributed by atoms with E-state index in [2.05, 4.69) is 48.6 Å². The SMILES string of the molecule is Cc1ccccc1C1CC(NC(CO)c2ccccc2)C1. The second-order valence-corrected chi connectivity index (χ2v) is 6.03. The molecule has 0 aromatic heterocycles. The van der Waals surface area contributed by atoms with Crippen molar-refractivity contribution in [2.24, 2.45) is 0 Å². The monoisotopic (exact) mass is 281 g/mol. The number of hydrogen-bond acceptors (Lipinski definition) is 2. The average molecular weight is 281 g/mol. The van der Waals surface area contributed by atoms with Crippen molar-refractivity contribution in [2.45, 2.75) is 37.8 Å². The molecule has 1 aliphatic rings. The van der Waals surface area contributed by atoms with Crippen LogP contribution in [0.15, 0.2) is 54.6 Å². The molecular weight excluding hydrogens is 258 g/mol. The van der Waals surface area contributed by atoms with Gasteiger partial charge < -0.3 is 10.4 Å². The molecule has 0 heterocycles. The average Bonchev–Trinajstić information content (AvgIpc) is 2.48. The summed E-state index contributed by atoms with van der Waals surface area (Å²) in [7, 11) is 0. The summed E-state index contributed by atoms with van der Waals surface area (Å²) < 4.78 is 0. The highest BCUT2D eigenvalue weighted by Crippen LogP contribution is 2.39. The molecule has 0 spiro atoms. The van der Waals surface area contributed by atoms with Crippen LogP contribution >= 0.6 is 0 Å². The Morgan fingerprint density at radius 2 is 1.71 bits per heavy atom. The number of rotatable bonds is 5. The van der Waals surface area contributed by atoms with E-state index in [0.717, 1.165) is 12.8 Å². The number of nitrogens with one attached hydrogen (secondary N) is 1. The summed E-state index contributed by atoms with van der Waals surface area (Å²) in [5.41, 5.74) is 4.04. The van der Waals surface area contributed by atoms with Crippen molar-refractivity contribution in [3.63, 3.8) is 0 Å². The number of aliphatic hydroxyl groups excluding tert-OH is 1. The van der Waals surface area contributed by atoms with Gasteiger partial charge in [-0.1, -0.05) is 54.6 Å². The van der Waals surface area contributed by atoms with Crippen LogP contribution in [0.1, 0.15) is 41.5 Å². The van der Waals surface area contributed by atoms with Gasteiger partial charge in [0.1, 0.15) is 0 Å². The summed E-state index contributed by atoms with van der Waals surface area (Å²) in [5.74, 6) is 0.666. The van der Waals surface area contributed by atoms with E-state index < -0.39 is 0 Å². The Bertz CT molecular complexity index is 575. The smallest absolute Gasteiger partial charge is 0.0626 e. The summed E-state index contributed by atoms with van der Waals surface area (Å²) in [4.78, 5) is 0. The van der Waals surface area contributed by atoms with E-state index in [-0.39, 0.29) is 12.6 Å². The van der Waals surface area contributed by atoms with Crippen LogP contribution in [-0.4, -0.2) is 17.8 Å². The van der Waals surface area contributed by atoms with E-state index in [4.69, 9.17) is 0 Å². The van der Waals surface area contributed by atoms with Crippen LogP contribution in [0.3, 0.4) is 0 Å². The Labute approximate surface area is 126 Å². The van der Waals surface area contributed by atoms with Crippen molar-refractivity contribution in [3.8, 4) is 0 Å². The van der Waals surface area contributed by atoms with Gasteiger partial charge in [-0.3, -0.25) is 0 Å². The predicted molar refractivity (Wildman–Crippen MR) is 86.3 cm³/mol. The molecule has 1 atom stereocenters. The molecule has 2 aromatic carbocycles. The van der Waals surface area contributed by atoms with Gasteiger partial charge in [0, 0.05) is 6.04 Å². The molecule has 0 saturated heterocycles. The molecule has 2 heteroatoms. The lowest BCUT2D eigenvalue weighted by molar-refractivity contribution is 0.197. The van der Waals surface area contributed by atoms with Crippen LogP contribution in [0.4, 0.5) is 0 Å². The second kappa shape index (κ2) is 6.42. The highest BCUT2D eigenvalue weighted by molar-refractivity contribution is 5.31. The minimum absolute atomic E-state index is 0.0500. The third-order valence-corrected chi connectivity index (χ3v) is 4.59. The Kier molecular flexibility index (Phi) is 4.37. The first-order valence-electron chi connectivity index (χ1n) is 7.75. The van der Waals surface area contributed by atoms with Crippen LogP contribution in [-0.2, 0) is 0 Å². The van der Waals surface area contributed by atoms with Gasteiger partial charge in [-0.2, -0.15) is 0 Å². The molecule has 0 aliphatic heterocycles. The predicted octanol–water partition coefficient (Wildman–Crippen LogP) is 3.56. The summed E-state index contributed by atoms with van der Waals surface area (Å²) in [6.45, 7) is 2.34. The van der Waals surface area contributed by atoms with E-state index >= 15 is 0 Å². The van der Waals surface area contributed by atoms with Gasteiger partial charge in [0.05, 0.1) is 12.6 Å². The lowest BCUT2D eigenvalue weighted by Crippen LogP contribution is -2.43. The minimum Gasteiger partial charge on any atom is -0.394 e. The molecule has 1 fully saturated rings. The molecule has 3 rings (SSSR count). The molecule has 0 amide bonds. The third-order valence-electron chi connectivity index (χ3n) is 4.59. The van der Waals surface area contributed by atoms with Crippen LogP contribution in [0.25, 0.3) is 0 Å². The molecule has 2 N–H and O–H groups in total. The van der Waals surface area contributed by atoms with Crippen molar-refractivity contribution in [3.05, 3.63) is 71.3 Å². The van der Waals surface area contributed by atoms with Gasteiger partial charge in [-0.25, -0.2) is 0 Å². The Hall–Kier alpha value is -1.64. The molecule has 21 heavy (non-hydrogen) atoms. The summed E-state index contributed by atoms with van der Waals surface area (Å²) in [5, 5.41) is 13.2. The second-order valence-electron chi connectivity index (χ2n) is 6.03. The molecule has 110 valence electrons. The molecular formula is C19H23NO. The number of hydrogen-bond donors (Lipinski definition) is 2. The van der Waals surface area contributed by atoms with E-state index in [1.807, 2.05) is 18.2 Å². The van der Waals surface area contributed by atoms with Crippen molar-refractivity contribution in [1.82, 2.24) is 5.32 Å². The fourth-order valence-electron chi connectivity index (χ4n) is 3.28. The van der Waals surface area contributed by atoms with E-state index in [0.29, 0.717) is 12.0 Å². The zero-order valence-corrected chi connectivity index (χ0v) is 12.5. The quantitative estimate of drug-likeness (QED) is 0.878. The largest absolute Gasteiger partial charge is 0.394 e. The zero-order valence-electron chi connectivity index (χ0n) is 12.5. The van der Waals surface area contributed by atoms with Gasteiger partial charge in [0.15, 0.2) is 0 Å². The fraction of sp³-hybridized carbons (Fsp3) is 0.368. The van der Waals surface area contributed by atoms with Gasteiger partial charge >= 0.3 is 0 Å². The van der Waals surface area contributed by atoms with Crippen molar-refractivity contribution in [1.29, 1.82) is 0 Å². The van der Waals surface area contributed by atoms with E-state index in [1.165, 1.54) is 16.7 Å². The summed E-state index contributed by atoms with van der Waals surface area (Å²) >= 11 is 0. The zero-order chi connectivity index (χ0) is 14.7. The van der Waals surface area contributed by atoms with E-state index in [9.17, 15) is 5.11 Å². The Morgan fingerprint density at radius 1 is 1.05 bits per heavy atom. The lowest BCUT2D eigenvalue weighted by Gasteiger charge is -2.39. The van der Waals surface area contributed by atoms with Crippen LogP contribution in [0.5, 0.6) is 0 Å². The topological polar surface area (TPSA) is 32.3 Å². The van der Waals surface area contributed by atoms with Crippen LogP contribution < -0.4 is 5.32 Å². The van der Waals surface area contributed by atoms with Crippen LogP contribution in [0.2, 0.25) is 0 Å². The van der Waals surface area contributed by atoms with Crippen molar-refractivity contribution >= 4 is 0 Å². The maximum atomic E-state index is 9.61. The maximum Gasteiger partial charge on any atom is 0.0626 e. The Balaban J connectivity index is 1.58. The third kappa shape index (κ3) is 3.17. The first-order chi connectivity index (χ1) is 10.3. The molecule has 1 aliphatic carbocycles. The first-order valence-corrected chi connectivity index (χ1v) is 7.75. The summed E-state index contributed by atoms with van der Waals surface area (Å²) in [6, 6.07) is 19.4. The molecule has 2 aromatic rings. The highest BCUT2D eigenvalue weighted by atomic mass is 16.3. The number of benzene rings is 2. The van der Waals surface area contributed by atoms with Crippen LogP contribution in [0, 0.1) is 6.92 Å². The highest BCUT2D eigenvalue weighted by Gasteiger charge is 2.32. The Morgan fingerprint density at radius 3 is 2.38 bits per heavy atom. The molecule has 0 radical (unpaired) electrons. The number of aliphatic hydroxyl groups is 1. The molecule has 1 unspecified atom stereocenters. The van der Waals surface area contributed by atoms with Gasteiger partial charge in [0.2, 0.25) is 0 Å².